The van der Waals surface area contributed by atoms with Gasteiger partial charge in [0, 0.05) is 35.1 Å². The Bertz CT molecular complexity index is 1230. The Morgan fingerprint density at radius 2 is 1.55 bits per heavy atom. The summed E-state index contributed by atoms with van der Waals surface area (Å²) in [5.41, 5.74) is 3.90. The molecule has 168 valence electrons. The molecule has 0 aliphatic heterocycles. The lowest BCUT2D eigenvalue weighted by atomic mass is 10.0. The van der Waals surface area contributed by atoms with Crippen LogP contribution in [0.25, 0.3) is 22.0 Å². The van der Waals surface area contributed by atoms with Crippen LogP contribution in [0.15, 0.2) is 72.8 Å². The number of likely N-dealkylation sites (N-methyl/N-ethyl adjacent to an activating group) is 1. The molecule has 6 nitrogen and oxygen atoms in total. The Hall–Kier alpha value is -3.93. The number of aryl methyl sites for hydroxylation is 1. The van der Waals surface area contributed by atoms with Crippen molar-refractivity contribution < 1.29 is 9.53 Å². The van der Waals surface area contributed by atoms with Gasteiger partial charge in [-0.25, -0.2) is 0 Å². The lowest BCUT2D eigenvalue weighted by Crippen LogP contribution is -2.34. The number of anilines is 2. The largest absolute Gasteiger partial charge is 0.484 e. The van der Waals surface area contributed by atoms with E-state index < -0.39 is 0 Å². The molecule has 1 heterocycles. The highest BCUT2D eigenvalue weighted by molar-refractivity contribution is 6.00. The third kappa shape index (κ3) is 5.12. The van der Waals surface area contributed by atoms with Crippen molar-refractivity contribution in [3.63, 3.8) is 0 Å². The molecule has 33 heavy (non-hydrogen) atoms. The highest BCUT2D eigenvalue weighted by atomic mass is 16.5. The molecule has 3 aromatic carbocycles. The lowest BCUT2D eigenvalue weighted by Gasteiger charge is -2.18. The number of rotatable bonds is 8. The number of nitrogens with zero attached hydrogens (tertiary/aromatic N) is 3. The fourth-order valence-corrected chi connectivity index (χ4v) is 3.70. The second-order valence-electron chi connectivity index (χ2n) is 7.81. The normalized spacial score (nSPS) is 10.8. The van der Waals surface area contributed by atoms with Gasteiger partial charge in [-0.05, 0) is 57.2 Å². The fraction of sp³-hybridized carbons (Fsp3) is 0.222. The predicted octanol–water partition coefficient (Wildman–Crippen LogP) is 5.60. The molecule has 0 saturated heterocycles. The number of carbonyl (C=O) groups is 1. The number of fused-ring (bicyclic) bond motifs is 1. The van der Waals surface area contributed by atoms with Crippen molar-refractivity contribution in [3.8, 4) is 17.0 Å². The van der Waals surface area contributed by atoms with Gasteiger partial charge in [0.15, 0.2) is 12.4 Å². The van der Waals surface area contributed by atoms with Crippen LogP contribution in [0.5, 0.6) is 5.75 Å². The summed E-state index contributed by atoms with van der Waals surface area (Å²) in [6, 6.07) is 23.9. The van der Waals surface area contributed by atoms with E-state index in [4.69, 9.17) is 4.74 Å². The van der Waals surface area contributed by atoms with E-state index in [9.17, 15) is 4.79 Å². The van der Waals surface area contributed by atoms with Crippen LogP contribution < -0.4 is 10.1 Å². The quantitative estimate of drug-likeness (QED) is 0.386. The summed E-state index contributed by atoms with van der Waals surface area (Å²) in [4.78, 5) is 13.9. The first kappa shape index (κ1) is 22.3. The maximum atomic E-state index is 12.2. The van der Waals surface area contributed by atoms with Crippen LogP contribution in [0.1, 0.15) is 19.4 Å². The number of hydrogen-bond donors (Lipinski definition) is 1. The Morgan fingerprint density at radius 3 is 2.21 bits per heavy atom. The van der Waals surface area contributed by atoms with Crippen molar-refractivity contribution in [2.75, 3.05) is 25.0 Å². The fourth-order valence-electron chi connectivity index (χ4n) is 3.70. The molecule has 1 amide bonds. The SMILES string of the molecule is CCN(CC)C(=O)COc1ccc(-c2nnc(Nc3ccc(C)cc3)c3ccccc23)cc1. The first-order valence-electron chi connectivity index (χ1n) is 11.2. The number of amides is 1. The number of ether oxygens (including phenoxy) is 1. The van der Waals surface area contributed by atoms with Gasteiger partial charge in [0.25, 0.3) is 5.91 Å². The third-order valence-electron chi connectivity index (χ3n) is 5.61. The second kappa shape index (κ2) is 10.1. The van der Waals surface area contributed by atoms with Crippen LogP contribution in [0.3, 0.4) is 0 Å². The molecule has 1 aromatic heterocycles. The van der Waals surface area contributed by atoms with E-state index in [1.807, 2.05) is 74.5 Å². The van der Waals surface area contributed by atoms with Crippen molar-refractivity contribution in [1.82, 2.24) is 15.1 Å². The van der Waals surface area contributed by atoms with E-state index >= 15 is 0 Å². The standard InChI is InChI=1S/C27H28N4O2/c1-4-31(5-2)25(32)18-33-22-16-12-20(13-17-22)26-23-8-6-7-9-24(23)27(30-29-26)28-21-14-10-19(3)11-15-21/h6-17H,4-5,18H2,1-3H3,(H,28,30). The molecular formula is C27H28N4O2. The average Bonchev–Trinajstić information content (AvgIpc) is 2.85. The van der Waals surface area contributed by atoms with Crippen LogP contribution in [0.4, 0.5) is 11.5 Å². The minimum atomic E-state index is -0.0161. The molecule has 0 aliphatic carbocycles. The van der Waals surface area contributed by atoms with Crippen LogP contribution in [0.2, 0.25) is 0 Å². The van der Waals surface area contributed by atoms with Gasteiger partial charge in [0.1, 0.15) is 11.4 Å². The molecule has 6 heteroatoms. The van der Waals surface area contributed by atoms with E-state index in [2.05, 4.69) is 34.6 Å². The van der Waals surface area contributed by atoms with Crippen LogP contribution in [-0.2, 0) is 4.79 Å². The van der Waals surface area contributed by atoms with Crippen LogP contribution >= 0.6 is 0 Å². The van der Waals surface area contributed by atoms with Crippen molar-refractivity contribution in [2.24, 2.45) is 0 Å². The number of benzene rings is 3. The Balaban J connectivity index is 1.56. The Labute approximate surface area is 194 Å². The third-order valence-corrected chi connectivity index (χ3v) is 5.61. The number of carbonyl (C=O) groups excluding carboxylic acids is 1. The van der Waals surface area contributed by atoms with Gasteiger partial charge in [0.05, 0.1) is 0 Å². The molecule has 4 rings (SSSR count). The van der Waals surface area contributed by atoms with E-state index in [0.29, 0.717) is 24.7 Å². The van der Waals surface area contributed by atoms with Crippen LogP contribution in [-0.4, -0.2) is 40.7 Å². The first-order valence-corrected chi connectivity index (χ1v) is 11.2. The molecule has 0 aliphatic rings. The monoisotopic (exact) mass is 440 g/mol. The van der Waals surface area contributed by atoms with Gasteiger partial charge in [-0.3, -0.25) is 4.79 Å². The average molecular weight is 441 g/mol. The molecule has 0 bridgehead atoms. The van der Waals surface area contributed by atoms with Crippen molar-refractivity contribution in [1.29, 1.82) is 0 Å². The topological polar surface area (TPSA) is 67.4 Å². The van der Waals surface area contributed by atoms with Gasteiger partial charge >= 0.3 is 0 Å². The van der Waals surface area contributed by atoms with E-state index in [0.717, 1.165) is 27.7 Å². The van der Waals surface area contributed by atoms with Gasteiger partial charge in [-0.1, -0.05) is 42.0 Å². The molecule has 0 fully saturated rings. The van der Waals surface area contributed by atoms with Gasteiger partial charge in [0.2, 0.25) is 0 Å². The van der Waals surface area contributed by atoms with Gasteiger partial charge < -0.3 is 15.0 Å². The molecule has 0 atom stereocenters. The maximum Gasteiger partial charge on any atom is 0.260 e. The summed E-state index contributed by atoms with van der Waals surface area (Å²) in [5, 5.41) is 14.4. The Morgan fingerprint density at radius 1 is 0.879 bits per heavy atom. The molecule has 0 unspecified atom stereocenters. The van der Waals surface area contributed by atoms with Crippen molar-refractivity contribution >= 4 is 28.2 Å². The predicted molar refractivity (Wildman–Crippen MR) is 133 cm³/mol. The minimum absolute atomic E-state index is 0.0161. The van der Waals surface area contributed by atoms with Crippen molar-refractivity contribution in [2.45, 2.75) is 20.8 Å². The number of aromatic nitrogens is 2. The molecule has 0 saturated carbocycles. The van der Waals surface area contributed by atoms with E-state index in [1.54, 1.807) is 4.90 Å². The van der Waals surface area contributed by atoms with Gasteiger partial charge in [-0.2, -0.15) is 0 Å². The summed E-state index contributed by atoms with van der Waals surface area (Å²) in [6.07, 6.45) is 0. The minimum Gasteiger partial charge on any atom is -0.484 e. The highest BCUT2D eigenvalue weighted by Gasteiger charge is 2.13. The summed E-state index contributed by atoms with van der Waals surface area (Å²) in [7, 11) is 0. The summed E-state index contributed by atoms with van der Waals surface area (Å²) < 4.78 is 5.69. The van der Waals surface area contributed by atoms with Gasteiger partial charge in [-0.15, -0.1) is 10.2 Å². The summed E-state index contributed by atoms with van der Waals surface area (Å²) >= 11 is 0. The molecule has 1 N–H and O–H groups in total. The number of nitrogens with one attached hydrogen (secondary N) is 1. The smallest absolute Gasteiger partial charge is 0.260 e. The summed E-state index contributed by atoms with van der Waals surface area (Å²) in [5.74, 6) is 1.35. The Kier molecular flexibility index (Phi) is 6.83. The molecule has 0 spiro atoms. The lowest BCUT2D eigenvalue weighted by molar-refractivity contribution is -0.132. The molecule has 4 aromatic rings. The van der Waals surface area contributed by atoms with Crippen LogP contribution in [0, 0.1) is 6.92 Å². The van der Waals surface area contributed by atoms with E-state index in [-0.39, 0.29) is 12.5 Å². The zero-order chi connectivity index (χ0) is 23.2. The molecular weight excluding hydrogens is 412 g/mol. The summed E-state index contributed by atoms with van der Waals surface area (Å²) in [6.45, 7) is 7.37. The molecule has 0 radical (unpaired) electrons. The zero-order valence-corrected chi connectivity index (χ0v) is 19.2. The second-order valence-corrected chi connectivity index (χ2v) is 7.81. The highest BCUT2D eigenvalue weighted by Crippen LogP contribution is 2.31. The maximum absolute atomic E-state index is 12.2. The zero-order valence-electron chi connectivity index (χ0n) is 19.2. The van der Waals surface area contributed by atoms with Crippen molar-refractivity contribution in [3.05, 3.63) is 78.4 Å². The van der Waals surface area contributed by atoms with E-state index in [1.165, 1.54) is 5.56 Å². The number of hydrogen-bond acceptors (Lipinski definition) is 5. The first-order chi connectivity index (χ1) is 16.1.